The van der Waals surface area contributed by atoms with Gasteiger partial charge in [0.05, 0.1) is 11.8 Å². The van der Waals surface area contributed by atoms with Crippen molar-refractivity contribution in [2.75, 3.05) is 19.6 Å². The van der Waals surface area contributed by atoms with Gasteiger partial charge in [-0.25, -0.2) is 9.78 Å². The molecule has 0 spiro atoms. The molecule has 0 radical (unpaired) electrons. The molecule has 0 N–H and O–H groups in total. The molecule has 116 valence electrons. The monoisotopic (exact) mass is 299 g/mol. The van der Waals surface area contributed by atoms with E-state index in [4.69, 9.17) is 4.42 Å². The van der Waals surface area contributed by atoms with Crippen LogP contribution in [0.15, 0.2) is 39.8 Å². The lowest BCUT2D eigenvalue weighted by atomic mass is 10.2. The number of aromatic nitrogens is 2. The summed E-state index contributed by atoms with van der Waals surface area (Å²) >= 11 is 0. The highest BCUT2D eigenvalue weighted by molar-refractivity contribution is 6.00. The second kappa shape index (κ2) is 6.32. The molecular formula is C17H21N3O2. The van der Waals surface area contributed by atoms with Gasteiger partial charge in [-0.2, -0.15) is 0 Å². The van der Waals surface area contributed by atoms with Crippen LogP contribution in [0.25, 0.3) is 22.0 Å². The molecule has 2 aromatic heterocycles. The normalized spacial score (nSPS) is 11.8. The molecule has 1 aromatic carbocycles. The van der Waals surface area contributed by atoms with E-state index >= 15 is 0 Å². The Hall–Kier alpha value is -2.14. The number of hydrogen-bond donors (Lipinski definition) is 0. The second-order valence-electron chi connectivity index (χ2n) is 5.40. The summed E-state index contributed by atoms with van der Waals surface area (Å²) in [6.07, 6.45) is 2.78. The number of hydrogen-bond acceptors (Lipinski definition) is 4. The quantitative estimate of drug-likeness (QED) is 0.657. The smallest absolute Gasteiger partial charge is 0.364 e. The minimum atomic E-state index is -0.365. The molecule has 0 saturated heterocycles. The van der Waals surface area contributed by atoms with Crippen LogP contribution in [0.1, 0.15) is 20.3 Å². The number of imidazole rings is 1. The first-order valence-electron chi connectivity index (χ1n) is 7.83. The number of fused-ring (bicyclic) bond motifs is 3. The van der Waals surface area contributed by atoms with Gasteiger partial charge >= 0.3 is 5.63 Å². The Balaban J connectivity index is 1.95. The summed E-state index contributed by atoms with van der Waals surface area (Å²) in [5, 5.41) is 0.942. The zero-order valence-electron chi connectivity index (χ0n) is 13.1. The summed E-state index contributed by atoms with van der Waals surface area (Å²) in [5.74, 6) is 0. The average Bonchev–Trinajstić information content (AvgIpc) is 2.97. The van der Waals surface area contributed by atoms with Crippen molar-refractivity contribution in [3.63, 3.8) is 0 Å². The lowest BCUT2D eigenvalue weighted by Crippen LogP contribution is -2.24. The number of benzene rings is 1. The maximum absolute atomic E-state index is 12.0. The van der Waals surface area contributed by atoms with Gasteiger partial charge in [-0.15, -0.1) is 0 Å². The SMILES string of the molecule is CCN(CC)CCCn1cnc2c(=O)oc3ccccc3c21. The molecule has 22 heavy (non-hydrogen) atoms. The van der Waals surface area contributed by atoms with Gasteiger partial charge in [0.1, 0.15) is 5.58 Å². The van der Waals surface area contributed by atoms with Crippen molar-refractivity contribution in [1.29, 1.82) is 0 Å². The van der Waals surface area contributed by atoms with Crippen LogP contribution >= 0.6 is 0 Å². The van der Waals surface area contributed by atoms with Crippen LogP contribution in [0.4, 0.5) is 0 Å². The highest BCUT2D eigenvalue weighted by Crippen LogP contribution is 2.22. The van der Waals surface area contributed by atoms with E-state index in [1.54, 1.807) is 6.33 Å². The molecule has 0 aliphatic rings. The van der Waals surface area contributed by atoms with Gasteiger partial charge in [0.15, 0.2) is 5.52 Å². The van der Waals surface area contributed by atoms with Crippen molar-refractivity contribution in [3.8, 4) is 0 Å². The summed E-state index contributed by atoms with van der Waals surface area (Å²) in [6, 6.07) is 7.62. The molecule has 0 amide bonds. The number of aryl methyl sites for hydroxylation is 1. The van der Waals surface area contributed by atoms with Gasteiger partial charge in [0.2, 0.25) is 0 Å². The lowest BCUT2D eigenvalue weighted by molar-refractivity contribution is 0.294. The third-order valence-electron chi connectivity index (χ3n) is 4.14. The van der Waals surface area contributed by atoms with E-state index in [1.807, 2.05) is 24.3 Å². The average molecular weight is 299 g/mol. The van der Waals surface area contributed by atoms with Crippen molar-refractivity contribution in [2.45, 2.75) is 26.8 Å². The predicted molar refractivity (Wildman–Crippen MR) is 88.2 cm³/mol. The largest absolute Gasteiger partial charge is 0.421 e. The summed E-state index contributed by atoms with van der Waals surface area (Å²) < 4.78 is 7.39. The minimum absolute atomic E-state index is 0.365. The summed E-state index contributed by atoms with van der Waals surface area (Å²) in [7, 11) is 0. The minimum Gasteiger partial charge on any atom is -0.421 e. The molecule has 0 fully saturated rings. The molecule has 5 nitrogen and oxygen atoms in total. The van der Waals surface area contributed by atoms with Crippen LogP contribution in [0.3, 0.4) is 0 Å². The van der Waals surface area contributed by atoms with Gasteiger partial charge in [-0.3, -0.25) is 0 Å². The molecule has 0 saturated carbocycles. The van der Waals surface area contributed by atoms with Crippen molar-refractivity contribution < 1.29 is 4.42 Å². The maximum atomic E-state index is 12.0. The lowest BCUT2D eigenvalue weighted by Gasteiger charge is -2.17. The zero-order valence-corrected chi connectivity index (χ0v) is 13.1. The molecule has 0 bridgehead atoms. The molecule has 0 atom stereocenters. The molecule has 0 unspecified atom stereocenters. The Bertz CT molecular complexity index is 831. The fraction of sp³-hybridized carbons (Fsp3) is 0.412. The van der Waals surface area contributed by atoms with Crippen molar-refractivity contribution in [2.24, 2.45) is 0 Å². The molecule has 0 aliphatic carbocycles. The zero-order chi connectivity index (χ0) is 15.5. The highest BCUT2D eigenvalue weighted by Gasteiger charge is 2.12. The Morgan fingerprint density at radius 2 is 2.00 bits per heavy atom. The molecule has 5 heteroatoms. The third kappa shape index (κ3) is 2.64. The van der Waals surface area contributed by atoms with Gasteiger partial charge in [-0.05, 0) is 38.2 Å². The summed E-state index contributed by atoms with van der Waals surface area (Å²) in [6.45, 7) is 8.37. The van der Waals surface area contributed by atoms with Crippen molar-refractivity contribution in [3.05, 3.63) is 41.0 Å². The Kier molecular flexibility index (Phi) is 4.24. The van der Waals surface area contributed by atoms with Crippen LogP contribution in [0.2, 0.25) is 0 Å². The number of para-hydroxylation sites is 1. The predicted octanol–water partition coefficient (Wildman–Crippen LogP) is 2.87. The Morgan fingerprint density at radius 1 is 1.23 bits per heavy atom. The van der Waals surface area contributed by atoms with E-state index in [9.17, 15) is 4.79 Å². The number of nitrogens with zero attached hydrogens (tertiary/aromatic N) is 3. The van der Waals surface area contributed by atoms with Crippen molar-refractivity contribution >= 4 is 22.0 Å². The summed E-state index contributed by atoms with van der Waals surface area (Å²) in [5.41, 5.74) is 1.55. The molecular weight excluding hydrogens is 278 g/mol. The molecule has 2 heterocycles. The van der Waals surface area contributed by atoms with Gasteiger partial charge in [0, 0.05) is 11.9 Å². The van der Waals surface area contributed by atoms with E-state index in [0.717, 1.165) is 43.5 Å². The third-order valence-corrected chi connectivity index (χ3v) is 4.14. The molecule has 0 aliphatic heterocycles. The standard InChI is InChI=1S/C17H21N3O2/c1-3-19(4-2)10-7-11-20-12-18-15-16(20)13-8-5-6-9-14(13)22-17(15)21/h5-6,8-9,12H,3-4,7,10-11H2,1-2H3. The first-order valence-corrected chi connectivity index (χ1v) is 7.83. The van der Waals surface area contributed by atoms with Crippen LogP contribution in [0, 0.1) is 0 Å². The van der Waals surface area contributed by atoms with Crippen LogP contribution in [-0.2, 0) is 6.54 Å². The van der Waals surface area contributed by atoms with E-state index in [1.165, 1.54) is 0 Å². The Labute approximate surface area is 129 Å². The van der Waals surface area contributed by atoms with E-state index < -0.39 is 0 Å². The highest BCUT2D eigenvalue weighted by atomic mass is 16.4. The van der Waals surface area contributed by atoms with E-state index in [2.05, 4.69) is 28.3 Å². The van der Waals surface area contributed by atoms with Crippen LogP contribution in [0.5, 0.6) is 0 Å². The second-order valence-corrected chi connectivity index (χ2v) is 5.40. The fourth-order valence-electron chi connectivity index (χ4n) is 2.89. The van der Waals surface area contributed by atoms with Gasteiger partial charge in [0.25, 0.3) is 0 Å². The maximum Gasteiger partial charge on any atom is 0.364 e. The van der Waals surface area contributed by atoms with Gasteiger partial charge < -0.3 is 13.9 Å². The first-order chi connectivity index (χ1) is 10.7. The topological polar surface area (TPSA) is 51.3 Å². The first kappa shape index (κ1) is 14.8. The molecule has 3 rings (SSSR count). The molecule has 3 aromatic rings. The van der Waals surface area contributed by atoms with Crippen molar-refractivity contribution in [1.82, 2.24) is 14.5 Å². The van der Waals surface area contributed by atoms with E-state index in [-0.39, 0.29) is 5.63 Å². The summed E-state index contributed by atoms with van der Waals surface area (Å²) in [4.78, 5) is 18.7. The fourth-order valence-corrected chi connectivity index (χ4v) is 2.89. The Morgan fingerprint density at radius 3 is 2.77 bits per heavy atom. The van der Waals surface area contributed by atoms with Crippen LogP contribution < -0.4 is 5.63 Å². The number of rotatable bonds is 6. The van der Waals surface area contributed by atoms with E-state index in [0.29, 0.717) is 11.1 Å². The van der Waals surface area contributed by atoms with Gasteiger partial charge in [-0.1, -0.05) is 26.0 Å². The van der Waals surface area contributed by atoms with Crippen LogP contribution in [-0.4, -0.2) is 34.1 Å².